The van der Waals surface area contributed by atoms with Gasteiger partial charge in [-0.15, -0.1) is 0 Å². The molecule has 0 rings (SSSR count). The first kappa shape index (κ1) is 10.2. The minimum Gasteiger partial charge on any atom is -0.466 e. The zero-order valence-corrected chi connectivity index (χ0v) is 7.30. The maximum atomic E-state index is 10.8. The van der Waals surface area contributed by atoms with Gasteiger partial charge in [0.25, 0.3) is 0 Å². The van der Waals surface area contributed by atoms with Crippen LogP contribution in [0.15, 0.2) is 12.2 Å². The molecule has 0 saturated carbocycles. The van der Waals surface area contributed by atoms with E-state index in [1.165, 1.54) is 0 Å². The molecule has 0 aromatic carbocycles. The molecule has 0 bridgehead atoms. The Hall–Kier alpha value is -0.790. The fourth-order valence-corrected chi connectivity index (χ4v) is 0.719. The van der Waals surface area contributed by atoms with Crippen LogP contribution < -0.4 is 0 Å². The molecule has 2 heteroatoms. The standard InChI is InChI=1S/C9H16O2/c1-3-5-6-7-8-9(10)11-4-2/h5-6H,3-4,7-8H2,1-2H3/b6-5-. The average Bonchev–Trinajstić information content (AvgIpc) is 1.99. The van der Waals surface area contributed by atoms with Crippen LogP contribution in [-0.2, 0) is 9.53 Å². The van der Waals surface area contributed by atoms with Crippen molar-refractivity contribution in [2.75, 3.05) is 6.61 Å². The van der Waals surface area contributed by atoms with Gasteiger partial charge in [-0.25, -0.2) is 0 Å². The largest absolute Gasteiger partial charge is 0.466 e. The van der Waals surface area contributed by atoms with Crippen LogP contribution in [0.25, 0.3) is 0 Å². The van der Waals surface area contributed by atoms with Crippen LogP contribution in [-0.4, -0.2) is 12.6 Å². The zero-order valence-electron chi connectivity index (χ0n) is 7.30. The first-order valence-corrected chi connectivity index (χ1v) is 4.11. The number of hydrogen-bond donors (Lipinski definition) is 0. The second kappa shape index (κ2) is 7.32. The Balaban J connectivity index is 3.24. The summed E-state index contributed by atoms with van der Waals surface area (Å²) >= 11 is 0. The van der Waals surface area contributed by atoms with Gasteiger partial charge in [0.1, 0.15) is 0 Å². The Morgan fingerprint density at radius 1 is 1.36 bits per heavy atom. The third kappa shape index (κ3) is 7.10. The molecule has 0 radical (unpaired) electrons. The Labute approximate surface area is 68.2 Å². The van der Waals surface area contributed by atoms with E-state index in [1.807, 2.05) is 13.0 Å². The van der Waals surface area contributed by atoms with Gasteiger partial charge in [-0.1, -0.05) is 19.1 Å². The highest BCUT2D eigenvalue weighted by Crippen LogP contribution is 1.94. The van der Waals surface area contributed by atoms with Gasteiger partial charge in [0.2, 0.25) is 0 Å². The van der Waals surface area contributed by atoms with E-state index in [0.717, 1.165) is 12.8 Å². The molecule has 0 aromatic heterocycles. The number of carbonyl (C=O) groups excluding carboxylic acids is 1. The van der Waals surface area contributed by atoms with Gasteiger partial charge in [-0.3, -0.25) is 4.79 Å². The molecule has 2 nitrogen and oxygen atoms in total. The van der Waals surface area contributed by atoms with Gasteiger partial charge < -0.3 is 4.74 Å². The first-order valence-electron chi connectivity index (χ1n) is 4.11. The maximum Gasteiger partial charge on any atom is 0.306 e. The number of carbonyl (C=O) groups is 1. The van der Waals surface area contributed by atoms with E-state index >= 15 is 0 Å². The lowest BCUT2D eigenvalue weighted by Gasteiger charge is -1.97. The maximum absolute atomic E-state index is 10.8. The molecule has 0 unspecified atom stereocenters. The van der Waals surface area contributed by atoms with Crippen molar-refractivity contribution in [2.45, 2.75) is 33.1 Å². The Morgan fingerprint density at radius 2 is 2.09 bits per heavy atom. The summed E-state index contributed by atoms with van der Waals surface area (Å²) in [6.45, 7) is 4.37. The van der Waals surface area contributed by atoms with Gasteiger partial charge in [0, 0.05) is 6.42 Å². The molecule has 0 saturated heterocycles. The Morgan fingerprint density at radius 3 is 2.64 bits per heavy atom. The second-order valence-corrected chi connectivity index (χ2v) is 2.22. The lowest BCUT2D eigenvalue weighted by molar-refractivity contribution is -0.142. The normalized spacial score (nSPS) is 10.4. The minimum atomic E-state index is -0.103. The monoisotopic (exact) mass is 156 g/mol. The molecule has 0 fully saturated rings. The highest BCUT2D eigenvalue weighted by Gasteiger charge is 1.96. The van der Waals surface area contributed by atoms with E-state index < -0.39 is 0 Å². The van der Waals surface area contributed by atoms with Crippen LogP contribution in [0.3, 0.4) is 0 Å². The van der Waals surface area contributed by atoms with E-state index in [0.29, 0.717) is 13.0 Å². The average molecular weight is 156 g/mol. The number of hydrogen-bond acceptors (Lipinski definition) is 2. The van der Waals surface area contributed by atoms with Gasteiger partial charge in [-0.2, -0.15) is 0 Å². The van der Waals surface area contributed by atoms with Crippen molar-refractivity contribution >= 4 is 5.97 Å². The fraction of sp³-hybridized carbons (Fsp3) is 0.667. The SMILES string of the molecule is CC/C=C\CCC(=O)OCC. The summed E-state index contributed by atoms with van der Waals surface area (Å²) in [5.74, 6) is -0.103. The number of allylic oxidation sites excluding steroid dienone is 2. The molecule has 0 heterocycles. The molecule has 0 aromatic rings. The summed E-state index contributed by atoms with van der Waals surface area (Å²) < 4.78 is 4.75. The van der Waals surface area contributed by atoms with E-state index in [2.05, 4.69) is 13.0 Å². The van der Waals surface area contributed by atoms with Crippen molar-refractivity contribution in [3.63, 3.8) is 0 Å². The molecule has 0 aliphatic heterocycles. The molecule has 0 aliphatic rings. The van der Waals surface area contributed by atoms with Crippen molar-refractivity contribution in [1.82, 2.24) is 0 Å². The van der Waals surface area contributed by atoms with Crippen molar-refractivity contribution in [1.29, 1.82) is 0 Å². The van der Waals surface area contributed by atoms with E-state index in [-0.39, 0.29) is 5.97 Å². The minimum absolute atomic E-state index is 0.103. The molecule has 64 valence electrons. The van der Waals surface area contributed by atoms with Gasteiger partial charge in [0.15, 0.2) is 0 Å². The van der Waals surface area contributed by atoms with Crippen molar-refractivity contribution < 1.29 is 9.53 Å². The molecule has 11 heavy (non-hydrogen) atoms. The summed E-state index contributed by atoms with van der Waals surface area (Å²) in [4.78, 5) is 10.8. The predicted octanol–water partition coefficient (Wildman–Crippen LogP) is 2.30. The van der Waals surface area contributed by atoms with Crippen LogP contribution in [0.4, 0.5) is 0 Å². The summed E-state index contributed by atoms with van der Waals surface area (Å²) in [6.07, 6.45) is 6.40. The fourth-order valence-electron chi connectivity index (χ4n) is 0.719. The summed E-state index contributed by atoms with van der Waals surface area (Å²) in [5.41, 5.74) is 0. The summed E-state index contributed by atoms with van der Waals surface area (Å²) in [6, 6.07) is 0. The molecular weight excluding hydrogens is 140 g/mol. The van der Waals surface area contributed by atoms with Crippen molar-refractivity contribution in [3.05, 3.63) is 12.2 Å². The van der Waals surface area contributed by atoms with Gasteiger partial charge in [-0.05, 0) is 19.8 Å². The van der Waals surface area contributed by atoms with Crippen LogP contribution in [0, 0.1) is 0 Å². The quantitative estimate of drug-likeness (QED) is 0.451. The molecule has 0 amide bonds. The Kier molecular flexibility index (Phi) is 6.79. The topological polar surface area (TPSA) is 26.3 Å². The number of rotatable bonds is 5. The lowest BCUT2D eigenvalue weighted by Crippen LogP contribution is -2.02. The molecule has 0 N–H and O–H groups in total. The van der Waals surface area contributed by atoms with Gasteiger partial charge in [0.05, 0.1) is 6.61 Å². The highest BCUT2D eigenvalue weighted by atomic mass is 16.5. The van der Waals surface area contributed by atoms with Crippen molar-refractivity contribution in [3.8, 4) is 0 Å². The van der Waals surface area contributed by atoms with Gasteiger partial charge >= 0.3 is 5.97 Å². The molecule has 0 spiro atoms. The van der Waals surface area contributed by atoms with E-state index in [1.54, 1.807) is 0 Å². The smallest absolute Gasteiger partial charge is 0.306 e. The van der Waals surface area contributed by atoms with E-state index in [9.17, 15) is 4.79 Å². The third-order valence-corrected chi connectivity index (χ3v) is 1.22. The molecule has 0 aliphatic carbocycles. The predicted molar refractivity (Wildman–Crippen MR) is 45.3 cm³/mol. The summed E-state index contributed by atoms with van der Waals surface area (Å²) in [7, 11) is 0. The van der Waals surface area contributed by atoms with Crippen LogP contribution in [0.2, 0.25) is 0 Å². The second-order valence-electron chi connectivity index (χ2n) is 2.22. The van der Waals surface area contributed by atoms with Crippen LogP contribution >= 0.6 is 0 Å². The van der Waals surface area contributed by atoms with Crippen LogP contribution in [0.1, 0.15) is 33.1 Å². The van der Waals surface area contributed by atoms with E-state index in [4.69, 9.17) is 4.74 Å². The van der Waals surface area contributed by atoms with Crippen LogP contribution in [0.5, 0.6) is 0 Å². The Bertz CT molecular complexity index is 128. The van der Waals surface area contributed by atoms with Crippen molar-refractivity contribution in [2.24, 2.45) is 0 Å². The first-order chi connectivity index (χ1) is 5.31. The third-order valence-electron chi connectivity index (χ3n) is 1.22. The molecular formula is C9H16O2. The lowest BCUT2D eigenvalue weighted by atomic mass is 10.3. The summed E-state index contributed by atoms with van der Waals surface area (Å²) in [5, 5.41) is 0. The number of ether oxygens (including phenoxy) is 1. The number of esters is 1. The zero-order chi connectivity index (χ0) is 8.53. The molecule has 0 atom stereocenters. The highest BCUT2D eigenvalue weighted by molar-refractivity contribution is 5.69.